The van der Waals surface area contributed by atoms with Crippen LogP contribution in [0.2, 0.25) is 0 Å². The van der Waals surface area contributed by atoms with E-state index in [9.17, 15) is 0 Å². The molecule has 0 spiro atoms. The molecular formula is C15H25N3O. The minimum absolute atomic E-state index is 0.472. The quantitative estimate of drug-likeness (QED) is 0.452. The first kappa shape index (κ1) is 15.5. The lowest BCUT2D eigenvalue weighted by Gasteiger charge is -2.08. The van der Waals surface area contributed by atoms with Crippen LogP contribution < -0.4 is 11.1 Å². The van der Waals surface area contributed by atoms with Gasteiger partial charge in [-0.1, -0.05) is 6.07 Å². The van der Waals surface area contributed by atoms with Gasteiger partial charge in [-0.15, -0.1) is 0 Å². The van der Waals surface area contributed by atoms with Gasteiger partial charge in [0.05, 0.1) is 0 Å². The smallest absolute Gasteiger partial charge is 0.193 e. The van der Waals surface area contributed by atoms with Crippen molar-refractivity contribution in [3.05, 3.63) is 29.3 Å². The van der Waals surface area contributed by atoms with Crippen LogP contribution in [0.3, 0.4) is 0 Å². The van der Waals surface area contributed by atoms with Crippen LogP contribution in [0.15, 0.2) is 23.2 Å². The maximum atomic E-state index is 5.84. The number of hydrogen-bond donors (Lipinski definition) is 2. The third kappa shape index (κ3) is 6.25. The van der Waals surface area contributed by atoms with Crippen molar-refractivity contribution < 1.29 is 4.74 Å². The largest absolute Gasteiger partial charge is 0.382 e. The van der Waals surface area contributed by atoms with E-state index in [1.54, 1.807) is 0 Å². The van der Waals surface area contributed by atoms with E-state index in [1.165, 1.54) is 11.1 Å². The number of unbranched alkanes of at least 4 members (excludes halogenated alkanes) is 1. The third-order valence-electron chi connectivity index (χ3n) is 2.96. The molecule has 0 aliphatic heterocycles. The van der Waals surface area contributed by atoms with E-state index in [1.807, 2.05) is 13.0 Å². The summed E-state index contributed by atoms with van der Waals surface area (Å²) in [4.78, 5) is 4.30. The molecule has 3 N–H and O–H groups in total. The Balaban J connectivity index is 2.32. The highest BCUT2D eigenvalue weighted by Crippen LogP contribution is 2.13. The number of hydrogen-bond acceptors (Lipinski definition) is 2. The number of aliphatic imine (C=N–C) groups is 1. The highest BCUT2D eigenvalue weighted by Gasteiger charge is 1.97. The maximum Gasteiger partial charge on any atom is 0.193 e. The minimum atomic E-state index is 0.472. The molecule has 0 radical (unpaired) electrons. The molecule has 106 valence electrons. The molecule has 4 heteroatoms. The number of rotatable bonds is 7. The lowest BCUT2D eigenvalue weighted by Crippen LogP contribution is -2.23. The Hall–Kier alpha value is -1.55. The maximum absolute atomic E-state index is 5.84. The Bertz CT molecular complexity index is 416. The van der Waals surface area contributed by atoms with E-state index in [0.29, 0.717) is 5.96 Å². The van der Waals surface area contributed by atoms with Gasteiger partial charge >= 0.3 is 0 Å². The van der Waals surface area contributed by atoms with E-state index >= 15 is 0 Å². The van der Waals surface area contributed by atoms with Gasteiger partial charge < -0.3 is 15.8 Å². The minimum Gasteiger partial charge on any atom is -0.382 e. The van der Waals surface area contributed by atoms with E-state index in [-0.39, 0.29) is 0 Å². The lowest BCUT2D eigenvalue weighted by atomic mass is 10.1. The monoisotopic (exact) mass is 263 g/mol. The molecule has 0 aromatic heterocycles. The predicted octanol–water partition coefficient (Wildman–Crippen LogP) is 2.85. The van der Waals surface area contributed by atoms with E-state index in [4.69, 9.17) is 10.5 Å². The van der Waals surface area contributed by atoms with E-state index < -0.39 is 0 Å². The van der Waals surface area contributed by atoms with Crippen LogP contribution in [0.4, 0.5) is 5.69 Å². The summed E-state index contributed by atoms with van der Waals surface area (Å²) >= 11 is 0. The Morgan fingerprint density at radius 2 is 2.05 bits per heavy atom. The highest BCUT2D eigenvalue weighted by molar-refractivity contribution is 5.92. The van der Waals surface area contributed by atoms with Gasteiger partial charge in [0.1, 0.15) is 0 Å². The van der Waals surface area contributed by atoms with Gasteiger partial charge in [-0.3, -0.25) is 4.99 Å². The molecule has 1 aromatic carbocycles. The standard InChI is InChI=1S/C15H25N3O/c1-4-19-10-6-5-9-17-15(16)18-14-8-7-12(2)13(3)11-14/h7-8,11H,4-6,9-10H2,1-3H3,(H3,16,17,18). The zero-order valence-electron chi connectivity index (χ0n) is 12.2. The molecule has 0 fully saturated rings. The number of ether oxygens (including phenoxy) is 1. The molecule has 4 nitrogen and oxygen atoms in total. The number of nitrogens with one attached hydrogen (secondary N) is 1. The van der Waals surface area contributed by atoms with Crippen LogP contribution in [0, 0.1) is 13.8 Å². The Morgan fingerprint density at radius 1 is 1.26 bits per heavy atom. The van der Waals surface area contributed by atoms with Gasteiger partial charge in [-0.05, 0) is 56.9 Å². The molecule has 0 saturated carbocycles. The summed E-state index contributed by atoms with van der Waals surface area (Å²) in [5.74, 6) is 0.472. The number of nitrogens with two attached hydrogens (primary N) is 1. The molecule has 1 rings (SSSR count). The number of anilines is 1. The summed E-state index contributed by atoms with van der Waals surface area (Å²) in [6.45, 7) is 8.49. The number of benzene rings is 1. The Labute approximate surface area is 116 Å². The first-order valence-electron chi connectivity index (χ1n) is 6.85. The summed E-state index contributed by atoms with van der Waals surface area (Å²) < 4.78 is 5.27. The average molecular weight is 263 g/mol. The first-order chi connectivity index (χ1) is 9.13. The molecule has 0 aliphatic rings. The molecule has 0 unspecified atom stereocenters. The summed E-state index contributed by atoms with van der Waals surface area (Å²) in [6, 6.07) is 6.17. The second kappa shape index (κ2) is 8.53. The third-order valence-corrected chi connectivity index (χ3v) is 2.96. The topological polar surface area (TPSA) is 59.6 Å². The molecule has 0 atom stereocenters. The molecule has 0 saturated heterocycles. The number of nitrogens with zero attached hydrogens (tertiary/aromatic N) is 1. The van der Waals surface area contributed by atoms with Crippen molar-refractivity contribution >= 4 is 11.6 Å². The fourth-order valence-corrected chi connectivity index (χ4v) is 1.67. The fraction of sp³-hybridized carbons (Fsp3) is 0.533. The second-order valence-electron chi connectivity index (χ2n) is 4.60. The molecule has 0 aliphatic carbocycles. The fourth-order valence-electron chi connectivity index (χ4n) is 1.67. The molecule has 1 aromatic rings. The summed E-state index contributed by atoms with van der Waals surface area (Å²) in [5.41, 5.74) is 9.35. The zero-order chi connectivity index (χ0) is 14.1. The van der Waals surface area contributed by atoms with Gasteiger partial charge in [-0.2, -0.15) is 0 Å². The zero-order valence-corrected chi connectivity index (χ0v) is 12.2. The van der Waals surface area contributed by atoms with Crippen molar-refractivity contribution in [3.8, 4) is 0 Å². The van der Waals surface area contributed by atoms with E-state index in [2.05, 4.69) is 36.3 Å². The van der Waals surface area contributed by atoms with Crippen LogP contribution in [-0.4, -0.2) is 25.7 Å². The van der Waals surface area contributed by atoms with Crippen LogP contribution in [0.25, 0.3) is 0 Å². The molecule has 0 bridgehead atoms. The SMILES string of the molecule is CCOCCCCN=C(N)Nc1ccc(C)c(C)c1. The molecule has 19 heavy (non-hydrogen) atoms. The highest BCUT2D eigenvalue weighted by atomic mass is 16.5. The molecule has 0 heterocycles. The lowest BCUT2D eigenvalue weighted by molar-refractivity contribution is 0.144. The normalized spacial score (nSPS) is 11.6. The molecule has 0 amide bonds. The average Bonchev–Trinajstić information content (AvgIpc) is 2.38. The van der Waals surface area contributed by atoms with Crippen molar-refractivity contribution in [3.63, 3.8) is 0 Å². The van der Waals surface area contributed by atoms with Gasteiger partial charge in [-0.25, -0.2) is 0 Å². The van der Waals surface area contributed by atoms with Crippen molar-refractivity contribution in [2.75, 3.05) is 25.1 Å². The van der Waals surface area contributed by atoms with E-state index in [0.717, 1.165) is 38.3 Å². The van der Waals surface area contributed by atoms with Crippen LogP contribution >= 0.6 is 0 Å². The summed E-state index contributed by atoms with van der Waals surface area (Å²) in [5, 5.41) is 3.11. The van der Waals surface area contributed by atoms with Gasteiger partial charge in [0.2, 0.25) is 0 Å². The van der Waals surface area contributed by atoms with Crippen LogP contribution in [0.5, 0.6) is 0 Å². The summed E-state index contributed by atoms with van der Waals surface area (Å²) in [6.07, 6.45) is 2.02. The Kier molecular flexibility index (Phi) is 6.97. The number of guanidine groups is 1. The summed E-state index contributed by atoms with van der Waals surface area (Å²) in [7, 11) is 0. The van der Waals surface area contributed by atoms with Crippen LogP contribution in [0.1, 0.15) is 30.9 Å². The van der Waals surface area contributed by atoms with Crippen molar-refractivity contribution in [2.45, 2.75) is 33.6 Å². The predicted molar refractivity (Wildman–Crippen MR) is 81.8 cm³/mol. The van der Waals surface area contributed by atoms with Crippen LogP contribution in [-0.2, 0) is 4.74 Å². The molecular weight excluding hydrogens is 238 g/mol. The van der Waals surface area contributed by atoms with Crippen molar-refractivity contribution in [2.24, 2.45) is 10.7 Å². The van der Waals surface area contributed by atoms with Gasteiger partial charge in [0.25, 0.3) is 0 Å². The first-order valence-corrected chi connectivity index (χ1v) is 6.85. The van der Waals surface area contributed by atoms with Crippen molar-refractivity contribution in [1.29, 1.82) is 0 Å². The van der Waals surface area contributed by atoms with Gasteiger partial charge in [0.15, 0.2) is 5.96 Å². The second-order valence-corrected chi connectivity index (χ2v) is 4.60. The number of aryl methyl sites for hydroxylation is 2. The van der Waals surface area contributed by atoms with Gasteiger partial charge in [0, 0.05) is 25.4 Å². The Morgan fingerprint density at radius 3 is 2.74 bits per heavy atom. The van der Waals surface area contributed by atoms with Crippen molar-refractivity contribution in [1.82, 2.24) is 0 Å².